The van der Waals surface area contributed by atoms with E-state index < -0.39 is 28.5 Å². The molecule has 0 spiro atoms. The second-order valence-corrected chi connectivity index (χ2v) is 11.7. The SMILES string of the molecule is CCNC(=O)[C@@H](Cc1ccccc1)N(Cc1ccccc1)C(=O)CN(c1cc(Cl)c(Cl)cc1Cl)S(C)(=O)=O. The van der Waals surface area contributed by atoms with E-state index in [4.69, 9.17) is 34.8 Å². The van der Waals surface area contributed by atoms with Crippen molar-refractivity contribution in [1.29, 1.82) is 0 Å². The minimum absolute atomic E-state index is 0.00852. The lowest BCUT2D eigenvalue weighted by atomic mass is 10.0. The van der Waals surface area contributed by atoms with Crippen molar-refractivity contribution >= 4 is 62.3 Å². The van der Waals surface area contributed by atoms with Crippen LogP contribution in [0.3, 0.4) is 0 Å². The van der Waals surface area contributed by atoms with Gasteiger partial charge >= 0.3 is 0 Å². The molecule has 0 saturated heterocycles. The Bertz CT molecular complexity index is 1370. The quantitative estimate of drug-likeness (QED) is 0.309. The second-order valence-electron chi connectivity index (χ2n) is 8.59. The fourth-order valence-corrected chi connectivity index (χ4v) is 5.47. The van der Waals surface area contributed by atoms with Crippen molar-refractivity contribution in [2.45, 2.75) is 25.9 Å². The van der Waals surface area contributed by atoms with Gasteiger partial charge in [-0.25, -0.2) is 8.42 Å². The summed E-state index contributed by atoms with van der Waals surface area (Å²) in [7, 11) is -3.99. The van der Waals surface area contributed by atoms with Gasteiger partial charge in [-0.2, -0.15) is 0 Å². The lowest BCUT2D eigenvalue weighted by molar-refractivity contribution is -0.140. The van der Waals surface area contributed by atoms with E-state index in [1.807, 2.05) is 60.7 Å². The zero-order valence-electron chi connectivity index (χ0n) is 20.9. The van der Waals surface area contributed by atoms with E-state index in [1.165, 1.54) is 17.0 Å². The van der Waals surface area contributed by atoms with Crippen LogP contribution in [-0.2, 0) is 32.6 Å². The third-order valence-corrected chi connectivity index (χ3v) is 7.91. The summed E-state index contributed by atoms with van der Waals surface area (Å²) in [6, 6.07) is 20.2. The number of halogens is 3. The molecule has 0 unspecified atom stereocenters. The molecule has 11 heteroatoms. The van der Waals surface area contributed by atoms with E-state index in [0.29, 0.717) is 6.54 Å². The highest BCUT2D eigenvalue weighted by Crippen LogP contribution is 2.35. The first kappa shape index (κ1) is 29.8. The van der Waals surface area contributed by atoms with Crippen molar-refractivity contribution in [1.82, 2.24) is 10.2 Å². The lowest BCUT2D eigenvalue weighted by Crippen LogP contribution is -2.53. The lowest BCUT2D eigenvalue weighted by Gasteiger charge is -2.33. The van der Waals surface area contributed by atoms with Crippen LogP contribution in [-0.4, -0.2) is 50.5 Å². The number of hydrogen-bond acceptors (Lipinski definition) is 4. The van der Waals surface area contributed by atoms with E-state index in [-0.39, 0.29) is 39.6 Å². The molecule has 0 aliphatic heterocycles. The number of amides is 2. The summed E-state index contributed by atoms with van der Waals surface area (Å²) < 4.78 is 26.5. The normalized spacial score (nSPS) is 12.0. The van der Waals surface area contributed by atoms with Gasteiger partial charge < -0.3 is 10.2 Å². The van der Waals surface area contributed by atoms with Crippen molar-refractivity contribution in [3.8, 4) is 0 Å². The fourth-order valence-electron chi connectivity index (χ4n) is 3.92. The second kappa shape index (κ2) is 13.3. The first-order valence-corrected chi connectivity index (χ1v) is 14.8. The molecule has 38 heavy (non-hydrogen) atoms. The summed E-state index contributed by atoms with van der Waals surface area (Å²) >= 11 is 18.5. The van der Waals surface area contributed by atoms with Gasteiger partial charge in [-0.3, -0.25) is 13.9 Å². The molecule has 0 saturated carbocycles. The molecule has 0 bridgehead atoms. The van der Waals surface area contributed by atoms with Crippen LogP contribution in [0.15, 0.2) is 72.8 Å². The van der Waals surface area contributed by atoms with Gasteiger partial charge in [-0.1, -0.05) is 95.5 Å². The van der Waals surface area contributed by atoms with Crippen molar-refractivity contribution in [3.05, 3.63) is 99.0 Å². The predicted octanol–water partition coefficient (Wildman–Crippen LogP) is 5.19. The molecule has 0 radical (unpaired) electrons. The van der Waals surface area contributed by atoms with Gasteiger partial charge in [0.05, 0.1) is 27.0 Å². The standard InChI is InChI=1S/C27H28Cl3N3O4S/c1-3-31-27(35)25(14-19-10-6-4-7-11-19)32(17-20-12-8-5-9-13-20)26(34)18-33(38(2,36)37)24-16-22(29)21(28)15-23(24)30/h4-13,15-16,25H,3,14,17-18H2,1-2H3,(H,31,35)/t25-/m1/s1. The largest absolute Gasteiger partial charge is 0.355 e. The van der Waals surface area contributed by atoms with Crippen molar-refractivity contribution < 1.29 is 18.0 Å². The summed E-state index contributed by atoms with van der Waals surface area (Å²) in [6.07, 6.45) is 1.20. The van der Waals surface area contributed by atoms with Gasteiger partial charge in [0.1, 0.15) is 12.6 Å². The Kier molecular flexibility index (Phi) is 10.4. The molecular formula is C27H28Cl3N3O4S. The van der Waals surface area contributed by atoms with E-state index >= 15 is 0 Å². The molecule has 0 fully saturated rings. The van der Waals surface area contributed by atoms with Gasteiger partial charge in [-0.15, -0.1) is 0 Å². The molecule has 2 amide bonds. The van der Waals surface area contributed by atoms with Gasteiger partial charge in [0.15, 0.2) is 0 Å². The number of hydrogen-bond donors (Lipinski definition) is 1. The summed E-state index contributed by atoms with van der Waals surface area (Å²) in [5.41, 5.74) is 1.64. The number of nitrogens with one attached hydrogen (secondary N) is 1. The van der Waals surface area contributed by atoms with Gasteiger partial charge in [0.25, 0.3) is 0 Å². The van der Waals surface area contributed by atoms with Crippen LogP contribution in [0.1, 0.15) is 18.1 Å². The maximum absolute atomic E-state index is 13.9. The average Bonchev–Trinajstić information content (AvgIpc) is 2.87. The molecule has 3 aromatic rings. The summed E-state index contributed by atoms with van der Waals surface area (Å²) in [4.78, 5) is 28.6. The van der Waals surface area contributed by atoms with E-state index in [0.717, 1.165) is 21.7 Å². The molecular weight excluding hydrogens is 569 g/mol. The van der Waals surface area contributed by atoms with Crippen LogP contribution in [0.2, 0.25) is 15.1 Å². The Morgan fingerprint density at radius 2 is 1.42 bits per heavy atom. The van der Waals surface area contributed by atoms with Crippen molar-refractivity contribution in [3.63, 3.8) is 0 Å². The Balaban J connectivity index is 2.06. The Morgan fingerprint density at radius 3 is 1.97 bits per heavy atom. The first-order chi connectivity index (χ1) is 18.0. The van der Waals surface area contributed by atoms with Crippen LogP contribution in [0.25, 0.3) is 0 Å². The van der Waals surface area contributed by atoms with E-state index in [1.54, 1.807) is 6.92 Å². The van der Waals surface area contributed by atoms with Gasteiger partial charge in [0.2, 0.25) is 21.8 Å². The highest BCUT2D eigenvalue weighted by Gasteiger charge is 2.33. The summed E-state index contributed by atoms with van der Waals surface area (Å²) in [6.45, 7) is 1.64. The molecule has 3 aromatic carbocycles. The third-order valence-electron chi connectivity index (χ3n) is 5.76. The molecule has 0 aromatic heterocycles. The molecule has 202 valence electrons. The van der Waals surface area contributed by atoms with Crippen molar-refractivity contribution in [2.75, 3.05) is 23.7 Å². The number of likely N-dealkylation sites (N-methyl/N-ethyl adjacent to an activating group) is 1. The van der Waals surface area contributed by atoms with E-state index in [2.05, 4.69) is 5.32 Å². The smallest absolute Gasteiger partial charge is 0.244 e. The van der Waals surface area contributed by atoms with Gasteiger partial charge in [-0.05, 0) is 30.2 Å². The van der Waals surface area contributed by atoms with Crippen LogP contribution < -0.4 is 9.62 Å². The first-order valence-electron chi connectivity index (χ1n) is 11.8. The average molecular weight is 597 g/mol. The molecule has 3 rings (SSSR count). The van der Waals surface area contributed by atoms with Crippen LogP contribution in [0.5, 0.6) is 0 Å². The zero-order chi connectivity index (χ0) is 27.9. The van der Waals surface area contributed by atoms with Crippen LogP contribution in [0.4, 0.5) is 5.69 Å². The minimum atomic E-state index is -3.99. The number of nitrogens with zero attached hydrogens (tertiary/aromatic N) is 2. The third kappa shape index (κ3) is 7.86. The Hall–Kier alpha value is -2.78. The maximum Gasteiger partial charge on any atom is 0.244 e. The van der Waals surface area contributed by atoms with Gasteiger partial charge in [0, 0.05) is 19.5 Å². The summed E-state index contributed by atoms with van der Waals surface area (Å²) in [5.74, 6) is -0.937. The molecule has 7 nitrogen and oxygen atoms in total. The predicted molar refractivity (Wildman–Crippen MR) is 153 cm³/mol. The molecule has 0 aliphatic rings. The number of anilines is 1. The van der Waals surface area contributed by atoms with Crippen molar-refractivity contribution in [2.24, 2.45) is 0 Å². The number of rotatable bonds is 11. The molecule has 0 aliphatic carbocycles. The zero-order valence-corrected chi connectivity index (χ0v) is 24.0. The van der Waals surface area contributed by atoms with Crippen LogP contribution in [0, 0.1) is 0 Å². The monoisotopic (exact) mass is 595 g/mol. The highest BCUT2D eigenvalue weighted by atomic mass is 35.5. The number of benzene rings is 3. The topological polar surface area (TPSA) is 86.8 Å². The molecule has 0 heterocycles. The minimum Gasteiger partial charge on any atom is -0.355 e. The Labute approximate surface area is 238 Å². The highest BCUT2D eigenvalue weighted by molar-refractivity contribution is 7.92. The van der Waals surface area contributed by atoms with E-state index in [9.17, 15) is 18.0 Å². The summed E-state index contributed by atoms with van der Waals surface area (Å²) in [5, 5.41) is 3.04. The van der Waals surface area contributed by atoms with Crippen LogP contribution >= 0.6 is 34.8 Å². The Morgan fingerprint density at radius 1 is 0.868 bits per heavy atom. The maximum atomic E-state index is 13.9. The number of carbonyl (C=O) groups excluding carboxylic acids is 2. The number of carbonyl (C=O) groups is 2. The molecule has 1 N–H and O–H groups in total. The fraction of sp³-hybridized carbons (Fsp3) is 0.259. The molecule has 1 atom stereocenters. The number of sulfonamides is 1.